The third-order valence-corrected chi connectivity index (χ3v) is 3.77. The van der Waals surface area contributed by atoms with Gasteiger partial charge in [0.15, 0.2) is 0 Å². The van der Waals surface area contributed by atoms with Gasteiger partial charge in [-0.15, -0.1) is 0 Å². The first kappa shape index (κ1) is 14.4. The van der Waals surface area contributed by atoms with Crippen molar-refractivity contribution in [1.82, 2.24) is 4.90 Å². The van der Waals surface area contributed by atoms with Crippen LogP contribution in [0.4, 0.5) is 0 Å². The number of hydrogen-bond donors (Lipinski definition) is 1. The highest BCUT2D eigenvalue weighted by atomic mass is 16.5. The minimum atomic E-state index is -0.863. The molecule has 0 spiro atoms. The molecule has 0 aliphatic carbocycles. The maximum atomic E-state index is 11.5. The molecule has 5 heteroatoms. The van der Waals surface area contributed by atoms with Gasteiger partial charge in [0.2, 0.25) is 0 Å². The molecule has 0 aromatic carbocycles. The van der Waals surface area contributed by atoms with Crippen LogP contribution in [0.3, 0.4) is 0 Å². The third kappa shape index (κ3) is 3.40. The third-order valence-electron chi connectivity index (χ3n) is 3.77. The van der Waals surface area contributed by atoms with Gasteiger partial charge in [-0.3, -0.25) is 9.69 Å². The lowest BCUT2D eigenvalue weighted by atomic mass is 9.92. The lowest BCUT2D eigenvalue weighted by molar-refractivity contribution is -0.154. The summed E-state index contributed by atoms with van der Waals surface area (Å²) in [5.41, 5.74) is -0.863. The summed E-state index contributed by atoms with van der Waals surface area (Å²) in [6.45, 7) is 3.66. The molecular formula is C12H23NO4. The van der Waals surface area contributed by atoms with Crippen LogP contribution in [0.25, 0.3) is 0 Å². The first-order valence-electron chi connectivity index (χ1n) is 6.05. The standard InChI is InChI=1S/C12H23NO4/c1-12(11(14)15,6-9-16-3)13(2)10-4-7-17-8-5-10/h10H,4-9H2,1-3H3,(H,14,15). The molecule has 0 aromatic heterocycles. The summed E-state index contributed by atoms with van der Waals surface area (Å²) in [4.78, 5) is 13.5. The highest BCUT2D eigenvalue weighted by Gasteiger charge is 2.40. The summed E-state index contributed by atoms with van der Waals surface area (Å²) >= 11 is 0. The predicted octanol–water partition coefficient (Wildman–Crippen LogP) is 0.977. The zero-order valence-electron chi connectivity index (χ0n) is 10.9. The molecule has 0 amide bonds. The monoisotopic (exact) mass is 245 g/mol. The molecule has 1 atom stereocenters. The van der Waals surface area contributed by atoms with Crippen molar-refractivity contribution >= 4 is 5.97 Å². The molecule has 5 nitrogen and oxygen atoms in total. The second-order valence-electron chi connectivity index (χ2n) is 4.78. The molecule has 1 N–H and O–H groups in total. The first-order valence-corrected chi connectivity index (χ1v) is 6.05. The van der Waals surface area contributed by atoms with Crippen LogP contribution in [0.1, 0.15) is 26.2 Å². The lowest BCUT2D eigenvalue weighted by Gasteiger charge is -2.41. The van der Waals surface area contributed by atoms with E-state index in [0.29, 0.717) is 13.0 Å². The number of carboxylic acid groups (broad SMARTS) is 1. The van der Waals surface area contributed by atoms with E-state index in [1.54, 1.807) is 14.0 Å². The molecule has 1 aliphatic rings. The van der Waals surface area contributed by atoms with E-state index < -0.39 is 11.5 Å². The van der Waals surface area contributed by atoms with Crippen molar-refractivity contribution in [2.24, 2.45) is 0 Å². The largest absolute Gasteiger partial charge is 0.480 e. The van der Waals surface area contributed by atoms with Gasteiger partial charge in [-0.1, -0.05) is 0 Å². The minimum absolute atomic E-state index is 0.279. The Kier molecular flexibility index (Phi) is 5.36. The Labute approximate surface area is 103 Å². The molecular weight excluding hydrogens is 222 g/mol. The fourth-order valence-electron chi connectivity index (χ4n) is 2.21. The molecule has 0 bridgehead atoms. The van der Waals surface area contributed by atoms with Crippen LogP contribution in [0.15, 0.2) is 0 Å². The Balaban J connectivity index is 2.70. The molecule has 0 radical (unpaired) electrons. The van der Waals surface area contributed by atoms with Gasteiger partial charge in [-0.2, -0.15) is 0 Å². The van der Waals surface area contributed by atoms with E-state index in [4.69, 9.17) is 9.47 Å². The van der Waals surface area contributed by atoms with E-state index in [1.165, 1.54) is 0 Å². The maximum Gasteiger partial charge on any atom is 0.323 e. The molecule has 1 saturated heterocycles. The number of methoxy groups -OCH3 is 1. The highest BCUT2D eigenvalue weighted by Crippen LogP contribution is 2.25. The predicted molar refractivity (Wildman–Crippen MR) is 64.1 cm³/mol. The van der Waals surface area contributed by atoms with Crippen molar-refractivity contribution in [3.63, 3.8) is 0 Å². The van der Waals surface area contributed by atoms with Gasteiger partial charge in [-0.05, 0) is 33.2 Å². The summed E-state index contributed by atoms with van der Waals surface area (Å²) in [6.07, 6.45) is 2.28. The quantitative estimate of drug-likeness (QED) is 0.756. The van der Waals surface area contributed by atoms with Crippen molar-refractivity contribution < 1.29 is 19.4 Å². The average molecular weight is 245 g/mol. The zero-order chi connectivity index (χ0) is 12.9. The maximum absolute atomic E-state index is 11.5. The van der Waals surface area contributed by atoms with Gasteiger partial charge in [0, 0.05) is 33.0 Å². The van der Waals surface area contributed by atoms with Crippen molar-refractivity contribution in [2.45, 2.75) is 37.8 Å². The number of carbonyl (C=O) groups is 1. The van der Waals surface area contributed by atoms with Crippen LogP contribution in [0, 0.1) is 0 Å². The van der Waals surface area contributed by atoms with E-state index in [2.05, 4.69) is 0 Å². The van der Waals surface area contributed by atoms with Gasteiger partial charge in [0.05, 0.1) is 0 Å². The molecule has 1 rings (SSSR count). The number of carboxylic acids is 1. The Bertz CT molecular complexity index is 253. The van der Waals surface area contributed by atoms with Crippen LogP contribution in [-0.4, -0.2) is 61.5 Å². The second-order valence-corrected chi connectivity index (χ2v) is 4.78. The van der Waals surface area contributed by atoms with Crippen LogP contribution >= 0.6 is 0 Å². The molecule has 1 aliphatic heterocycles. The van der Waals surface area contributed by atoms with Crippen LogP contribution < -0.4 is 0 Å². The Morgan fingerprint density at radius 1 is 1.53 bits per heavy atom. The number of ether oxygens (including phenoxy) is 2. The zero-order valence-corrected chi connectivity index (χ0v) is 10.9. The summed E-state index contributed by atoms with van der Waals surface area (Å²) in [7, 11) is 3.48. The van der Waals surface area contributed by atoms with Gasteiger partial charge in [0.25, 0.3) is 0 Å². The molecule has 1 unspecified atom stereocenters. The van der Waals surface area contributed by atoms with Crippen LogP contribution in [-0.2, 0) is 14.3 Å². The number of hydrogen-bond acceptors (Lipinski definition) is 4. The van der Waals surface area contributed by atoms with E-state index in [0.717, 1.165) is 26.1 Å². The second kappa shape index (κ2) is 6.33. The lowest BCUT2D eigenvalue weighted by Crippen LogP contribution is -2.56. The molecule has 1 fully saturated rings. The van der Waals surface area contributed by atoms with Gasteiger partial charge in [0.1, 0.15) is 5.54 Å². The van der Waals surface area contributed by atoms with Crippen molar-refractivity contribution in [3.05, 3.63) is 0 Å². The summed E-state index contributed by atoms with van der Waals surface area (Å²) in [5, 5.41) is 9.43. The number of likely N-dealkylation sites (N-methyl/N-ethyl adjacent to an activating group) is 1. The molecule has 1 heterocycles. The number of aliphatic carboxylic acids is 1. The first-order chi connectivity index (χ1) is 8.02. The van der Waals surface area contributed by atoms with Crippen molar-refractivity contribution in [3.8, 4) is 0 Å². The number of nitrogens with zero attached hydrogens (tertiary/aromatic N) is 1. The van der Waals surface area contributed by atoms with E-state index in [1.807, 2.05) is 11.9 Å². The van der Waals surface area contributed by atoms with Gasteiger partial charge >= 0.3 is 5.97 Å². The minimum Gasteiger partial charge on any atom is -0.480 e. The molecule has 100 valence electrons. The normalized spacial score (nSPS) is 21.4. The topological polar surface area (TPSA) is 59.0 Å². The Morgan fingerprint density at radius 2 is 2.12 bits per heavy atom. The Morgan fingerprint density at radius 3 is 2.59 bits per heavy atom. The Hall–Kier alpha value is -0.650. The summed E-state index contributed by atoms with van der Waals surface area (Å²) < 4.78 is 10.3. The molecule has 17 heavy (non-hydrogen) atoms. The average Bonchev–Trinajstić information content (AvgIpc) is 2.35. The van der Waals surface area contributed by atoms with E-state index in [9.17, 15) is 9.90 Å². The fraction of sp³-hybridized carbons (Fsp3) is 0.917. The van der Waals surface area contributed by atoms with Gasteiger partial charge < -0.3 is 14.6 Å². The molecule has 0 aromatic rings. The summed E-state index contributed by atoms with van der Waals surface area (Å²) in [5.74, 6) is -0.788. The highest BCUT2D eigenvalue weighted by molar-refractivity contribution is 5.78. The van der Waals surface area contributed by atoms with Crippen molar-refractivity contribution in [1.29, 1.82) is 0 Å². The van der Waals surface area contributed by atoms with Crippen molar-refractivity contribution in [2.75, 3.05) is 34.0 Å². The van der Waals surface area contributed by atoms with Gasteiger partial charge in [-0.25, -0.2) is 0 Å². The summed E-state index contributed by atoms with van der Waals surface area (Å²) in [6, 6.07) is 0.279. The van der Waals surface area contributed by atoms with E-state index in [-0.39, 0.29) is 6.04 Å². The molecule has 0 saturated carbocycles. The smallest absolute Gasteiger partial charge is 0.323 e. The SMILES string of the molecule is COCCC(C)(C(=O)O)N(C)C1CCOCC1. The fourth-order valence-corrected chi connectivity index (χ4v) is 2.21. The van der Waals surface area contributed by atoms with Crippen LogP contribution in [0.2, 0.25) is 0 Å². The van der Waals surface area contributed by atoms with Crippen LogP contribution in [0.5, 0.6) is 0 Å². The van der Waals surface area contributed by atoms with E-state index >= 15 is 0 Å². The number of rotatable bonds is 6.